The van der Waals surface area contributed by atoms with Crippen molar-refractivity contribution in [2.24, 2.45) is 0 Å². The van der Waals surface area contributed by atoms with Crippen molar-refractivity contribution in [3.63, 3.8) is 0 Å². The molecule has 1 aromatic rings. The minimum Gasteiger partial charge on any atom is -0.465 e. The zero-order chi connectivity index (χ0) is 13.7. The van der Waals surface area contributed by atoms with E-state index in [0.717, 1.165) is 25.5 Å². The summed E-state index contributed by atoms with van der Waals surface area (Å²) in [5.41, 5.74) is 1.14. The van der Waals surface area contributed by atoms with Crippen LogP contribution in [0.15, 0.2) is 12.1 Å². The molecular weight excluding hydrogens is 246 g/mol. The van der Waals surface area contributed by atoms with Crippen LogP contribution in [0.5, 0.6) is 0 Å². The number of carbonyl (C=O) groups excluding carboxylic acids is 1. The molecule has 2 heterocycles. The topological polar surface area (TPSA) is 72.5 Å². The average Bonchev–Trinajstić information content (AvgIpc) is 2.45. The van der Waals surface area contributed by atoms with Gasteiger partial charge in [-0.15, -0.1) is 0 Å². The van der Waals surface area contributed by atoms with Gasteiger partial charge in [0.05, 0.1) is 31.1 Å². The van der Waals surface area contributed by atoms with Gasteiger partial charge in [0.15, 0.2) is 0 Å². The molecule has 1 aliphatic rings. The van der Waals surface area contributed by atoms with Crippen LogP contribution in [0, 0.1) is 6.92 Å². The van der Waals surface area contributed by atoms with E-state index in [0.29, 0.717) is 17.8 Å². The van der Waals surface area contributed by atoms with Gasteiger partial charge in [-0.25, -0.2) is 9.78 Å². The summed E-state index contributed by atoms with van der Waals surface area (Å²) >= 11 is 0. The van der Waals surface area contributed by atoms with E-state index in [-0.39, 0.29) is 12.1 Å². The maximum absolute atomic E-state index is 11.4. The third kappa shape index (κ3) is 3.65. The first-order valence-corrected chi connectivity index (χ1v) is 6.33. The zero-order valence-corrected chi connectivity index (χ0v) is 11.2. The molecule has 1 saturated heterocycles. The lowest BCUT2D eigenvalue weighted by Crippen LogP contribution is -2.42. The molecule has 0 aromatic carbocycles. The molecule has 1 aliphatic heterocycles. The van der Waals surface area contributed by atoms with E-state index in [1.54, 1.807) is 19.1 Å². The van der Waals surface area contributed by atoms with Crippen LogP contribution in [0.2, 0.25) is 0 Å². The second-order valence-corrected chi connectivity index (χ2v) is 4.40. The molecule has 6 heteroatoms. The zero-order valence-electron chi connectivity index (χ0n) is 11.2. The van der Waals surface area contributed by atoms with Gasteiger partial charge < -0.3 is 20.1 Å². The summed E-state index contributed by atoms with van der Waals surface area (Å²) in [5.74, 6) is 0.371. The van der Waals surface area contributed by atoms with E-state index in [1.807, 2.05) is 0 Å². The van der Waals surface area contributed by atoms with Crippen molar-refractivity contribution in [3.8, 4) is 0 Å². The molecule has 2 rings (SSSR count). The van der Waals surface area contributed by atoms with Gasteiger partial charge in [0.25, 0.3) is 0 Å². The van der Waals surface area contributed by atoms with Gasteiger partial charge in [0.1, 0.15) is 5.82 Å². The molecule has 6 nitrogen and oxygen atoms in total. The van der Waals surface area contributed by atoms with Gasteiger partial charge >= 0.3 is 5.97 Å². The predicted octanol–water partition coefficient (Wildman–Crippen LogP) is 0.577. The second-order valence-electron chi connectivity index (χ2n) is 4.40. The van der Waals surface area contributed by atoms with Gasteiger partial charge in [-0.3, -0.25) is 0 Å². The standard InChI is InChI=1S/C13H19N3O3/c1-9-11(13(17)18-2)3-4-12(16-9)15-8-10-7-14-5-6-19-10/h3-4,10,14H,5-8H2,1-2H3,(H,15,16). The van der Waals surface area contributed by atoms with E-state index in [1.165, 1.54) is 7.11 Å². The second kappa shape index (κ2) is 6.49. The predicted molar refractivity (Wildman–Crippen MR) is 71.4 cm³/mol. The number of aryl methyl sites for hydroxylation is 1. The number of aromatic nitrogens is 1. The van der Waals surface area contributed by atoms with E-state index in [4.69, 9.17) is 4.74 Å². The van der Waals surface area contributed by atoms with Crippen LogP contribution >= 0.6 is 0 Å². The number of ether oxygens (including phenoxy) is 2. The summed E-state index contributed by atoms with van der Waals surface area (Å²) in [6, 6.07) is 3.49. The molecule has 0 radical (unpaired) electrons. The van der Waals surface area contributed by atoms with Gasteiger partial charge in [0, 0.05) is 19.6 Å². The van der Waals surface area contributed by atoms with Crippen LogP contribution in [-0.2, 0) is 9.47 Å². The lowest BCUT2D eigenvalue weighted by molar-refractivity contribution is 0.0372. The summed E-state index contributed by atoms with van der Waals surface area (Å²) in [5, 5.41) is 6.48. The highest BCUT2D eigenvalue weighted by Crippen LogP contribution is 2.12. The lowest BCUT2D eigenvalue weighted by atomic mass is 10.2. The Hall–Kier alpha value is -1.66. The van der Waals surface area contributed by atoms with Crippen molar-refractivity contribution in [2.45, 2.75) is 13.0 Å². The molecule has 104 valence electrons. The highest BCUT2D eigenvalue weighted by Gasteiger charge is 2.14. The van der Waals surface area contributed by atoms with Crippen molar-refractivity contribution in [1.82, 2.24) is 10.3 Å². The molecule has 0 aliphatic carbocycles. The number of morpholine rings is 1. The molecule has 1 atom stereocenters. The Morgan fingerprint density at radius 1 is 1.63 bits per heavy atom. The fourth-order valence-electron chi connectivity index (χ4n) is 1.95. The maximum atomic E-state index is 11.4. The van der Waals surface area contributed by atoms with Crippen molar-refractivity contribution in [1.29, 1.82) is 0 Å². The Morgan fingerprint density at radius 2 is 2.47 bits per heavy atom. The quantitative estimate of drug-likeness (QED) is 0.776. The monoisotopic (exact) mass is 265 g/mol. The average molecular weight is 265 g/mol. The molecular formula is C13H19N3O3. The number of rotatable bonds is 4. The molecule has 2 N–H and O–H groups in total. The van der Waals surface area contributed by atoms with Crippen LogP contribution in [-0.4, -0.2) is 50.4 Å². The van der Waals surface area contributed by atoms with Crippen molar-refractivity contribution >= 4 is 11.8 Å². The van der Waals surface area contributed by atoms with Crippen LogP contribution in [0.25, 0.3) is 0 Å². The Balaban J connectivity index is 1.94. The van der Waals surface area contributed by atoms with Crippen LogP contribution < -0.4 is 10.6 Å². The number of pyridine rings is 1. The third-order valence-electron chi connectivity index (χ3n) is 3.01. The molecule has 0 amide bonds. The van der Waals surface area contributed by atoms with Gasteiger partial charge in [0.2, 0.25) is 0 Å². The van der Waals surface area contributed by atoms with Gasteiger partial charge in [-0.2, -0.15) is 0 Å². The molecule has 1 aromatic heterocycles. The SMILES string of the molecule is COC(=O)c1ccc(NCC2CNCCO2)nc1C. The molecule has 0 saturated carbocycles. The molecule has 1 fully saturated rings. The normalized spacial score (nSPS) is 18.9. The van der Waals surface area contributed by atoms with Crippen LogP contribution in [0.1, 0.15) is 16.1 Å². The highest BCUT2D eigenvalue weighted by molar-refractivity contribution is 5.90. The first-order chi connectivity index (χ1) is 9.20. The number of nitrogens with one attached hydrogen (secondary N) is 2. The number of esters is 1. The van der Waals surface area contributed by atoms with Crippen LogP contribution in [0.4, 0.5) is 5.82 Å². The lowest BCUT2D eigenvalue weighted by Gasteiger charge is -2.24. The number of nitrogens with zero attached hydrogens (tertiary/aromatic N) is 1. The fraction of sp³-hybridized carbons (Fsp3) is 0.538. The minimum absolute atomic E-state index is 0.149. The minimum atomic E-state index is -0.364. The summed E-state index contributed by atoms with van der Waals surface area (Å²) < 4.78 is 10.3. The van der Waals surface area contributed by atoms with Crippen molar-refractivity contribution in [2.75, 3.05) is 38.7 Å². The molecule has 19 heavy (non-hydrogen) atoms. The number of anilines is 1. The summed E-state index contributed by atoms with van der Waals surface area (Å²) in [7, 11) is 1.36. The van der Waals surface area contributed by atoms with E-state index in [2.05, 4.69) is 20.4 Å². The molecule has 0 bridgehead atoms. The van der Waals surface area contributed by atoms with E-state index in [9.17, 15) is 4.79 Å². The van der Waals surface area contributed by atoms with Gasteiger partial charge in [-0.1, -0.05) is 0 Å². The number of methoxy groups -OCH3 is 1. The highest BCUT2D eigenvalue weighted by atomic mass is 16.5. The number of hydrogen-bond donors (Lipinski definition) is 2. The summed E-state index contributed by atoms with van der Waals surface area (Å²) in [6.45, 7) is 4.96. The van der Waals surface area contributed by atoms with Crippen molar-refractivity contribution in [3.05, 3.63) is 23.4 Å². The molecule has 0 spiro atoms. The Kier molecular flexibility index (Phi) is 4.70. The van der Waals surface area contributed by atoms with Crippen LogP contribution in [0.3, 0.4) is 0 Å². The first-order valence-electron chi connectivity index (χ1n) is 6.33. The Labute approximate surface area is 112 Å². The maximum Gasteiger partial charge on any atom is 0.339 e. The summed E-state index contributed by atoms with van der Waals surface area (Å²) in [6.07, 6.45) is 0.149. The number of hydrogen-bond acceptors (Lipinski definition) is 6. The van der Waals surface area contributed by atoms with Gasteiger partial charge in [-0.05, 0) is 19.1 Å². The molecule has 1 unspecified atom stereocenters. The largest absolute Gasteiger partial charge is 0.465 e. The van der Waals surface area contributed by atoms with Crippen molar-refractivity contribution < 1.29 is 14.3 Å². The van der Waals surface area contributed by atoms with E-state index >= 15 is 0 Å². The number of carbonyl (C=O) groups is 1. The smallest absolute Gasteiger partial charge is 0.339 e. The summed E-state index contributed by atoms with van der Waals surface area (Å²) in [4.78, 5) is 15.8. The first kappa shape index (κ1) is 13.8. The Bertz CT molecular complexity index is 445. The third-order valence-corrected chi connectivity index (χ3v) is 3.01. The Morgan fingerprint density at radius 3 is 3.11 bits per heavy atom. The van der Waals surface area contributed by atoms with E-state index < -0.39 is 0 Å². The fourth-order valence-corrected chi connectivity index (χ4v) is 1.95.